The number of nitrogens with two attached hydrogens (primary N) is 1. The zero-order valence-electron chi connectivity index (χ0n) is 15.8. The van der Waals surface area contributed by atoms with Crippen molar-refractivity contribution in [3.63, 3.8) is 0 Å². The van der Waals surface area contributed by atoms with E-state index in [1.165, 1.54) is 22.5 Å². The van der Waals surface area contributed by atoms with E-state index in [0.29, 0.717) is 22.3 Å². The molecule has 0 aliphatic heterocycles. The molecule has 0 amide bonds. The summed E-state index contributed by atoms with van der Waals surface area (Å²) in [6.07, 6.45) is 1.87. The molecule has 140 valence electrons. The topological polar surface area (TPSA) is 86.2 Å². The number of aromatic hydroxyl groups is 1. The molecule has 1 aromatic heterocycles. The van der Waals surface area contributed by atoms with Crippen molar-refractivity contribution in [1.82, 2.24) is 14.8 Å². The van der Waals surface area contributed by atoms with Crippen LogP contribution < -0.4 is 10.5 Å². The summed E-state index contributed by atoms with van der Waals surface area (Å²) in [5, 5.41) is 14.8. The largest absolute Gasteiger partial charge is 0.504 e. The minimum absolute atomic E-state index is 0.0383. The van der Waals surface area contributed by atoms with Crippen molar-refractivity contribution in [2.45, 2.75) is 32.9 Å². The maximum absolute atomic E-state index is 9.96. The number of hydrogen-bond donors (Lipinski definition) is 2. The highest BCUT2D eigenvalue weighted by atomic mass is 32.2. The fraction of sp³-hybridized carbons (Fsp3) is 0.263. The van der Waals surface area contributed by atoms with Gasteiger partial charge in [-0.15, -0.1) is 5.10 Å². The average Bonchev–Trinajstić information content (AvgIpc) is 3.08. The van der Waals surface area contributed by atoms with Gasteiger partial charge in [0.05, 0.1) is 5.69 Å². The van der Waals surface area contributed by atoms with Crippen LogP contribution in [0.15, 0.2) is 53.7 Å². The number of rotatable bonds is 4. The van der Waals surface area contributed by atoms with Crippen molar-refractivity contribution >= 4 is 17.7 Å². The van der Waals surface area contributed by atoms with E-state index in [1.54, 1.807) is 12.1 Å². The van der Waals surface area contributed by atoms with Crippen LogP contribution in [0.1, 0.15) is 27.7 Å². The van der Waals surface area contributed by atoms with Crippen molar-refractivity contribution in [2.75, 3.05) is 12.0 Å². The molecule has 7 heteroatoms. The van der Waals surface area contributed by atoms with Crippen LogP contribution in [0.5, 0.6) is 17.2 Å². The lowest BCUT2D eigenvalue weighted by atomic mass is 10.2. The smallest absolute Gasteiger partial charge is 0.224 e. The average molecular weight is 375 g/mol. The second kappa shape index (κ2) is 11.0. The Balaban J connectivity index is 0.000000791. The number of nitrogen functional groups attached to an aromatic ring is 1. The van der Waals surface area contributed by atoms with Gasteiger partial charge in [-0.2, -0.15) is 9.67 Å². The minimum Gasteiger partial charge on any atom is -0.504 e. The molecule has 0 saturated carbocycles. The molecule has 3 rings (SSSR count). The first-order valence-corrected chi connectivity index (χ1v) is 9.72. The van der Waals surface area contributed by atoms with Gasteiger partial charge in [0.2, 0.25) is 11.1 Å². The third-order valence-electron chi connectivity index (χ3n) is 2.95. The number of benzene rings is 2. The maximum Gasteiger partial charge on any atom is 0.224 e. The number of phenols is 1. The third kappa shape index (κ3) is 5.42. The van der Waals surface area contributed by atoms with Crippen molar-refractivity contribution in [2.24, 2.45) is 0 Å². The fourth-order valence-electron chi connectivity index (χ4n) is 1.91. The molecule has 0 aliphatic rings. The number of hydrogen-bond acceptors (Lipinski definition) is 6. The summed E-state index contributed by atoms with van der Waals surface area (Å²) < 4.78 is 7.19. The van der Waals surface area contributed by atoms with Crippen LogP contribution >= 0.6 is 11.8 Å². The lowest BCUT2D eigenvalue weighted by Crippen LogP contribution is -2.02. The van der Waals surface area contributed by atoms with E-state index in [1.807, 2.05) is 64.3 Å². The normalized spacial score (nSPS) is 9.42. The molecule has 1 heterocycles. The highest BCUT2D eigenvalue weighted by molar-refractivity contribution is 7.98. The van der Waals surface area contributed by atoms with Crippen LogP contribution in [0.4, 0.5) is 5.95 Å². The predicted molar refractivity (Wildman–Crippen MR) is 108 cm³/mol. The van der Waals surface area contributed by atoms with E-state index in [4.69, 9.17) is 10.5 Å². The molecule has 0 aliphatic carbocycles. The summed E-state index contributed by atoms with van der Waals surface area (Å²) in [5.41, 5.74) is 6.52. The molecule has 0 radical (unpaired) electrons. The maximum atomic E-state index is 9.96. The van der Waals surface area contributed by atoms with Gasteiger partial charge >= 0.3 is 0 Å². The quantitative estimate of drug-likeness (QED) is 0.616. The summed E-state index contributed by atoms with van der Waals surface area (Å²) in [4.78, 5) is 4.13. The van der Waals surface area contributed by atoms with Crippen LogP contribution in [0.25, 0.3) is 5.69 Å². The molecule has 0 spiro atoms. The Morgan fingerprint density at radius 1 is 1.04 bits per heavy atom. The molecule has 26 heavy (non-hydrogen) atoms. The van der Waals surface area contributed by atoms with Gasteiger partial charge in [0.1, 0.15) is 5.75 Å². The molecule has 0 atom stereocenters. The number of thioether (sulfide) groups is 1. The number of nitrogens with zero attached hydrogens (tertiary/aromatic N) is 3. The van der Waals surface area contributed by atoms with Crippen molar-refractivity contribution in [3.05, 3.63) is 48.5 Å². The van der Waals surface area contributed by atoms with Gasteiger partial charge < -0.3 is 15.6 Å². The Hall–Kier alpha value is -2.67. The Morgan fingerprint density at radius 2 is 1.69 bits per heavy atom. The number of anilines is 1. The summed E-state index contributed by atoms with van der Waals surface area (Å²) in [7, 11) is 0. The lowest BCUT2D eigenvalue weighted by molar-refractivity contribution is 0.411. The monoisotopic (exact) mass is 374 g/mol. The minimum atomic E-state index is 0.0383. The molecule has 0 fully saturated rings. The third-order valence-corrected chi connectivity index (χ3v) is 3.49. The Labute approximate surface area is 159 Å². The Morgan fingerprint density at radius 3 is 2.27 bits per heavy atom. The zero-order valence-corrected chi connectivity index (χ0v) is 16.6. The second-order valence-electron chi connectivity index (χ2n) is 4.44. The molecule has 3 aromatic rings. The van der Waals surface area contributed by atoms with Crippen LogP contribution in [-0.4, -0.2) is 26.1 Å². The van der Waals surface area contributed by atoms with Crippen LogP contribution in [0.2, 0.25) is 0 Å². The summed E-state index contributed by atoms with van der Waals surface area (Å²) >= 11 is 1.40. The van der Waals surface area contributed by atoms with Gasteiger partial charge in [0.15, 0.2) is 11.5 Å². The number of para-hydroxylation sites is 1. The molecule has 6 nitrogen and oxygen atoms in total. The Kier molecular flexibility index (Phi) is 9.08. The molecule has 3 N–H and O–H groups in total. The van der Waals surface area contributed by atoms with E-state index < -0.39 is 0 Å². The zero-order chi connectivity index (χ0) is 19.5. The van der Waals surface area contributed by atoms with Gasteiger partial charge in [0, 0.05) is 6.07 Å². The van der Waals surface area contributed by atoms with Gasteiger partial charge in [0.25, 0.3) is 0 Å². The lowest BCUT2D eigenvalue weighted by Gasteiger charge is -2.10. The fourth-order valence-corrected chi connectivity index (χ4v) is 2.26. The molecular weight excluding hydrogens is 348 g/mol. The molecule has 0 saturated heterocycles. The molecule has 2 aromatic carbocycles. The SMILES string of the molecule is CC.CC.CSc1nc(N)n(-c2ccc(O)c(Oc3ccccc3)c2)n1. The molecule has 0 bridgehead atoms. The van der Waals surface area contributed by atoms with Crippen LogP contribution in [0, 0.1) is 0 Å². The van der Waals surface area contributed by atoms with Gasteiger partial charge in [-0.3, -0.25) is 0 Å². The van der Waals surface area contributed by atoms with Gasteiger partial charge in [-0.05, 0) is 30.5 Å². The summed E-state index contributed by atoms with van der Waals surface area (Å²) in [6.45, 7) is 8.00. The summed E-state index contributed by atoms with van der Waals surface area (Å²) in [6, 6.07) is 14.1. The van der Waals surface area contributed by atoms with Crippen LogP contribution in [0.3, 0.4) is 0 Å². The standard InChI is InChI=1S/C15H14N4O2S.2C2H6/c1-22-15-17-14(16)19(18-15)10-7-8-12(20)13(9-10)21-11-5-3-2-4-6-11;2*1-2/h2-9,20H,1H3,(H2,16,17,18);2*1-2H3. The molecule has 0 unspecified atom stereocenters. The number of phenolic OH excluding ortho intramolecular Hbond substituents is 1. The van der Waals surface area contributed by atoms with Crippen molar-refractivity contribution in [3.8, 4) is 22.9 Å². The van der Waals surface area contributed by atoms with E-state index in [2.05, 4.69) is 10.1 Å². The second-order valence-corrected chi connectivity index (χ2v) is 5.21. The first kappa shape index (κ1) is 21.4. The number of ether oxygens (including phenoxy) is 1. The van der Waals surface area contributed by atoms with E-state index in [9.17, 15) is 5.11 Å². The van der Waals surface area contributed by atoms with Crippen molar-refractivity contribution < 1.29 is 9.84 Å². The van der Waals surface area contributed by atoms with Crippen LogP contribution in [-0.2, 0) is 0 Å². The Bertz CT molecular complexity index is 791. The highest BCUT2D eigenvalue weighted by Crippen LogP contribution is 2.33. The van der Waals surface area contributed by atoms with Crippen molar-refractivity contribution in [1.29, 1.82) is 0 Å². The first-order chi connectivity index (χ1) is 12.7. The molecular formula is C19H26N4O2S. The predicted octanol–water partition coefficient (Wildman–Crippen LogP) is 5.12. The van der Waals surface area contributed by atoms with Gasteiger partial charge in [-0.25, -0.2) is 0 Å². The van der Waals surface area contributed by atoms with E-state index >= 15 is 0 Å². The highest BCUT2D eigenvalue weighted by Gasteiger charge is 2.11. The van der Waals surface area contributed by atoms with E-state index in [0.717, 1.165) is 0 Å². The summed E-state index contributed by atoms with van der Waals surface area (Å²) in [5.74, 6) is 1.27. The number of aromatic nitrogens is 3. The van der Waals surface area contributed by atoms with Gasteiger partial charge in [-0.1, -0.05) is 57.7 Å². The van der Waals surface area contributed by atoms with E-state index in [-0.39, 0.29) is 11.7 Å². The first-order valence-electron chi connectivity index (χ1n) is 8.50.